The molecule has 0 spiro atoms. The minimum absolute atomic E-state index is 0.0892. The average Bonchev–Trinajstić information content (AvgIpc) is 2.43. The predicted molar refractivity (Wildman–Crippen MR) is 77.2 cm³/mol. The van der Waals surface area contributed by atoms with E-state index in [2.05, 4.69) is 10.6 Å². The van der Waals surface area contributed by atoms with Crippen molar-refractivity contribution in [3.8, 4) is 0 Å². The van der Waals surface area contributed by atoms with Crippen LogP contribution in [0.5, 0.6) is 0 Å². The summed E-state index contributed by atoms with van der Waals surface area (Å²) in [5.41, 5.74) is 1.02. The summed E-state index contributed by atoms with van der Waals surface area (Å²) < 4.78 is 4.91. The zero-order valence-electron chi connectivity index (χ0n) is 12.2. The molecule has 2 N–H and O–H groups in total. The van der Waals surface area contributed by atoms with Crippen LogP contribution in [0.4, 0.5) is 4.79 Å². The number of alkyl carbamates (subject to hydrolysis) is 1. The van der Waals surface area contributed by atoms with Crippen LogP contribution in [-0.2, 0) is 9.53 Å². The minimum Gasteiger partial charge on any atom is -0.449 e. The number of carbonyl (C=O) groups is 2. The third-order valence-electron chi connectivity index (χ3n) is 2.62. The van der Waals surface area contributed by atoms with Crippen LogP contribution in [0.1, 0.15) is 32.4 Å². The molecule has 1 atom stereocenters. The molecule has 5 nitrogen and oxygen atoms in total. The van der Waals surface area contributed by atoms with Crippen molar-refractivity contribution in [3.05, 3.63) is 35.9 Å². The summed E-state index contributed by atoms with van der Waals surface area (Å²) in [6.45, 7) is 6.04. The summed E-state index contributed by atoms with van der Waals surface area (Å²) in [6, 6.07) is 9.53. The summed E-state index contributed by atoms with van der Waals surface area (Å²) in [5, 5.41) is 5.23. The standard InChI is InChI=1S/C15H22N2O3/c1-11(2)10-20-15(19)16-9-14(18)17-12(3)13-7-5-4-6-8-13/h4-8,11-12H,9-10H2,1-3H3,(H,16,19)(H,17,18)/t12-/m0/s1. The first-order chi connectivity index (χ1) is 9.49. The van der Waals surface area contributed by atoms with Gasteiger partial charge in [0, 0.05) is 0 Å². The molecule has 0 bridgehead atoms. The number of ether oxygens (including phenoxy) is 1. The quantitative estimate of drug-likeness (QED) is 0.838. The molecule has 2 amide bonds. The molecule has 0 radical (unpaired) electrons. The largest absolute Gasteiger partial charge is 0.449 e. The second-order valence-electron chi connectivity index (χ2n) is 5.05. The van der Waals surface area contributed by atoms with Gasteiger partial charge >= 0.3 is 6.09 Å². The zero-order valence-corrected chi connectivity index (χ0v) is 12.2. The minimum atomic E-state index is -0.568. The number of amides is 2. The second kappa shape index (κ2) is 8.19. The van der Waals surface area contributed by atoms with E-state index in [0.717, 1.165) is 5.56 Å². The highest BCUT2D eigenvalue weighted by atomic mass is 16.5. The molecular weight excluding hydrogens is 256 g/mol. The Balaban J connectivity index is 2.28. The van der Waals surface area contributed by atoms with Gasteiger partial charge in [-0.15, -0.1) is 0 Å². The Morgan fingerprint density at radius 2 is 1.80 bits per heavy atom. The Kier molecular flexibility index (Phi) is 6.56. The zero-order chi connectivity index (χ0) is 15.0. The van der Waals surface area contributed by atoms with E-state index in [-0.39, 0.29) is 24.4 Å². The molecule has 1 aromatic carbocycles. The van der Waals surface area contributed by atoms with Crippen molar-refractivity contribution in [3.63, 3.8) is 0 Å². The predicted octanol–water partition coefficient (Wildman–Crippen LogP) is 2.25. The molecule has 0 aliphatic rings. The van der Waals surface area contributed by atoms with Gasteiger partial charge in [0.2, 0.25) is 5.91 Å². The van der Waals surface area contributed by atoms with E-state index in [1.54, 1.807) is 0 Å². The maximum atomic E-state index is 11.7. The average molecular weight is 278 g/mol. The van der Waals surface area contributed by atoms with E-state index in [9.17, 15) is 9.59 Å². The Morgan fingerprint density at radius 1 is 1.15 bits per heavy atom. The van der Waals surface area contributed by atoms with Crippen LogP contribution < -0.4 is 10.6 Å². The SMILES string of the molecule is CC(C)COC(=O)NCC(=O)N[C@@H](C)c1ccccc1. The monoisotopic (exact) mass is 278 g/mol. The first-order valence-electron chi connectivity index (χ1n) is 6.74. The van der Waals surface area contributed by atoms with Crippen molar-refractivity contribution in [1.82, 2.24) is 10.6 Å². The number of carbonyl (C=O) groups excluding carboxylic acids is 2. The van der Waals surface area contributed by atoms with Crippen molar-refractivity contribution in [2.45, 2.75) is 26.8 Å². The van der Waals surface area contributed by atoms with Crippen molar-refractivity contribution >= 4 is 12.0 Å². The molecule has 20 heavy (non-hydrogen) atoms. The summed E-state index contributed by atoms with van der Waals surface area (Å²) in [6.07, 6.45) is -0.568. The molecule has 5 heteroatoms. The lowest BCUT2D eigenvalue weighted by atomic mass is 10.1. The highest BCUT2D eigenvalue weighted by Gasteiger charge is 2.11. The smallest absolute Gasteiger partial charge is 0.407 e. The van der Waals surface area contributed by atoms with Crippen molar-refractivity contribution in [2.75, 3.05) is 13.2 Å². The van der Waals surface area contributed by atoms with Crippen LogP contribution in [0.3, 0.4) is 0 Å². The maximum absolute atomic E-state index is 11.7. The summed E-state index contributed by atoms with van der Waals surface area (Å²) in [4.78, 5) is 23.0. The second-order valence-corrected chi connectivity index (χ2v) is 5.05. The Hall–Kier alpha value is -2.04. The number of rotatable bonds is 6. The van der Waals surface area contributed by atoms with Crippen LogP contribution in [-0.4, -0.2) is 25.2 Å². The van der Waals surface area contributed by atoms with Gasteiger partial charge in [-0.1, -0.05) is 44.2 Å². The number of hydrogen-bond donors (Lipinski definition) is 2. The van der Waals surface area contributed by atoms with Gasteiger partial charge in [0.15, 0.2) is 0 Å². The van der Waals surface area contributed by atoms with Crippen molar-refractivity contribution < 1.29 is 14.3 Å². The lowest BCUT2D eigenvalue weighted by molar-refractivity contribution is -0.120. The Labute approximate surface area is 119 Å². The lowest BCUT2D eigenvalue weighted by Crippen LogP contribution is -2.38. The molecule has 110 valence electrons. The van der Waals surface area contributed by atoms with E-state index >= 15 is 0 Å². The van der Waals surface area contributed by atoms with Gasteiger partial charge in [-0.05, 0) is 18.4 Å². The van der Waals surface area contributed by atoms with E-state index in [1.807, 2.05) is 51.1 Å². The molecule has 0 aliphatic carbocycles. The number of benzene rings is 1. The van der Waals surface area contributed by atoms with Gasteiger partial charge in [0.05, 0.1) is 12.6 Å². The first kappa shape index (κ1) is 16.0. The fourth-order valence-corrected chi connectivity index (χ4v) is 1.56. The van der Waals surface area contributed by atoms with Gasteiger partial charge in [0.25, 0.3) is 0 Å². The highest BCUT2D eigenvalue weighted by Crippen LogP contribution is 2.10. The lowest BCUT2D eigenvalue weighted by Gasteiger charge is -2.14. The molecule has 0 fully saturated rings. The van der Waals surface area contributed by atoms with E-state index in [0.29, 0.717) is 6.61 Å². The fourth-order valence-electron chi connectivity index (χ4n) is 1.56. The molecule has 0 unspecified atom stereocenters. The van der Waals surface area contributed by atoms with Crippen molar-refractivity contribution in [1.29, 1.82) is 0 Å². The molecular formula is C15H22N2O3. The van der Waals surface area contributed by atoms with E-state index in [1.165, 1.54) is 0 Å². The number of hydrogen-bond acceptors (Lipinski definition) is 3. The first-order valence-corrected chi connectivity index (χ1v) is 6.74. The van der Waals surface area contributed by atoms with Crippen LogP contribution in [0, 0.1) is 5.92 Å². The summed E-state index contributed by atoms with van der Waals surface area (Å²) in [5.74, 6) is 0.0236. The normalized spacial score (nSPS) is 11.8. The summed E-state index contributed by atoms with van der Waals surface area (Å²) >= 11 is 0. The molecule has 0 aliphatic heterocycles. The number of nitrogens with one attached hydrogen (secondary N) is 2. The molecule has 1 rings (SSSR count). The van der Waals surface area contributed by atoms with Gasteiger partial charge < -0.3 is 15.4 Å². The van der Waals surface area contributed by atoms with E-state index < -0.39 is 6.09 Å². The topological polar surface area (TPSA) is 67.4 Å². The molecule has 0 saturated heterocycles. The van der Waals surface area contributed by atoms with Crippen LogP contribution in [0.15, 0.2) is 30.3 Å². The molecule has 0 heterocycles. The highest BCUT2D eigenvalue weighted by molar-refractivity contribution is 5.82. The fraction of sp³-hybridized carbons (Fsp3) is 0.467. The Morgan fingerprint density at radius 3 is 2.40 bits per heavy atom. The molecule has 1 aromatic rings. The Bertz CT molecular complexity index is 432. The third-order valence-corrected chi connectivity index (χ3v) is 2.62. The summed E-state index contributed by atoms with van der Waals surface area (Å²) in [7, 11) is 0. The molecule has 0 saturated carbocycles. The van der Waals surface area contributed by atoms with Gasteiger partial charge in [0.1, 0.15) is 6.54 Å². The van der Waals surface area contributed by atoms with Crippen molar-refractivity contribution in [2.24, 2.45) is 5.92 Å². The van der Waals surface area contributed by atoms with Gasteiger partial charge in [-0.25, -0.2) is 4.79 Å². The van der Waals surface area contributed by atoms with Crippen LogP contribution in [0.25, 0.3) is 0 Å². The van der Waals surface area contributed by atoms with Crippen LogP contribution >= 0.6 is 0 Å². The third kappa shape index (κ3) is 6.22. The van der Waals surface area contributed by atoms with Gasteiger partial charge in [-0.3, -0.25) is 4.79 Å². The maximum Gasteiger partial charge on any atom is 0.407 e. The van der Waals surface area contributed by atoms with Crippen LogP contribution in [0.2, 0.25) is 0 Å². The van der Waals surface area contributed by atoms with E-state index in [4.69, 9.17) is 4.74 Å². The van der Waals surface area contributed by atoms with Gasteiger partial charge in [-0.2, -0.15) is 0 Å². The molecule has 0 aromatic heterocycles.